The van der Waals surface area contributed by atoms with Crippen LogP contribution in [0, 0.1) is 0 Å². The average molecular weight is 256 g/mol. The molecular formula is C10H10ClN3OS. The number of hydrogen-bond acceptors (Lipinski definition) is 5. The highest BCUT2D eigenvalue weighted by molar-refractivity contribution is 7.10. The fraction of sp³-hybridized carbons (Fsp3) is 0.200. The van der Waals surface area contributed by atoms with E-state index in [1.165, 1.54) is 0 Å². The molecule has 16 heavy (non-hydrogen) atoms. The first-order valence-electron chi connectivity index (χ1n) is 4.68. The highest BCUT2D eigenvalue weighted by Crippen LogP contribution is 2.20. The first kappa shape index (κ1) is 11.3. The van der Waals surface area contributed by atoms with Gasteiger partial charge in [-0.2, -0.15) is 0 Å². The Bertz CT molecular complexity index is 475. The van der Waals surface area contributed by atoms with Crippen molar-refractivity contribution < 1.29 is 4.74 Å². The highest BCUT2D eigenvalue weighted by Gasteiger charge is 2.05. The summed E-state index contributed by atoms with van der Waals surface area (Å²) in [7, 11) is 0. The predicted molar refractivity (Wildman–Crippen MR) is 63.6 cm³/mol. The molecule has 6 heteroatoms. The lowest BCUT2D eigenvalue weighted by Gasteiger charge is -2.05. The van der Waals surface area contributed by atoms with Crippen molar-refractivity contribution in [3.05, 3.63) is 39.9 Å². The minimum absolute atomic E-state index is 0.323. The van der Waals surface area contributed by atoms with Gasteiger partial charge in [0.15, 0.2) is 0 Å². The van der Waals surface area contributed by atoms with E-state index >= 15 is 0 Å². The molecule has 0 saturated heterocycles. The van der Waals surface area contributed by atoms with Crippen LogP contribution < -0.4 is 10.5 Å². The van der Waals surface area contributed by atoms with Crippen LogP contribution in [0.15, 0.2) is 24.3 Å². The van der Waals surface area contributed by atoms with Crippen LogP contribution in [0.25, 0.3) is 0 Å². The minimum Gasteiger partial charge on any atom is -0.487 e. The van der Waals surface area contributed by atoms with Crippen molar-refractivity contribution in [3.63, 3.8) is 0 Å². The lowest BCUT2D eigenvalue weighted by atomic mass is 10.2. The number of nitrogens with two attached hydrogens (primary N) is 1. The van der Waals surface area contributed by atoms with Crippen LogP contribution in [-0.2, 0) is 13.2 Å². The van der Waals surface area contributed by atoms with Crippen molar-refractivity contribution in [2.24, 2.45) is 5.73 Å². The van der Waals surface area contributed by atoms with E-state index in [0.29, 0.717) is 23.2 Å². The standard InChI is InChI=1S/C10H10ClN3OS/c11-10-9(13-14-16-10)6-15-8-3-1-2-7(4-8)5-12/h1-4H,5-6,12H2. The van der Waals surface area contributed by atoms with E-state index in [2.05, 4.69) is 9.59 Å². The third kappa shape index (κ3) is 2.69. The van der Waals surface area contributed by atoms with E-state index in [9.17, 15) is 0 Å². The Morgan fingerprint density at radius 1 is 1.44 bits per heavy atom. The molecule has 1 aromatic heterocycles. The Balaban J connectivity index is 2.02. The van der Waals surface area contributed by atoms with Crippen molar-refractivity contribution in [1.29, 1.82) is 0 Å². The number of ether oxygens (including phenoxy) is 1. The maximum Gasteiger partial charge on any atom is 0.141 e. The summed E-state index contributed by atoms with van der Waals surface area (Å²) in [6.45, 7) is 0.819. The van der Waals surface area contributed by atoms with Gasteiger partial charge in [0.2, 0.25) is 0 Å². The monoisotopic (exact) mass is 255 g/mol. The lowest BCUT2D eigenvalue weighted by molar-refractivity contribution is 0.301. The second-order valence-corrected chi connectivity index (χ2v) is 4.49. The number of aromatic nitrogens is 2. The smallest absolute Gasteiger partial charge is 0.141 e. The quantitative estimate of drug-likeness (QED) is 0.910. The summed E-state index contributed by atoms with van der Waals surface area (Å²) < 4.78 is 9.83. The molecule has 0 radical (unpaired) electrons. The molecule has 2 aromatic rings. The molecule has 0 bridgehead atoms. The van der Waals surface area contributed by atoms with Gasteiger partial charge < -0.3 is 10.5 Å². The second kappa shape index (κ2) is 5.25. The molecule has 2 N–H and O–H groups in total. The first-order chi connectivity index (χ1) is 7.79. The average Bonchev–Trinajstić information content (AvgIpc) is 2.72. The molecule has 0 unspecified atom stereocenters. The van der Waals surface area contributed by atoms with Gasteiger partial charge in [-0.1, -0.05) is 28.2 Å². The zero-order valence-electron chi connectivity index (χ0n) is 8.39. The molecule has 0 aliphatic carbocycles. The van der Waals surface area contributed by atoms with Crippen LogP contribution in [0.4, 0.5) is 0 Å². The summed E-state index contributed by atoms with van der Waals surface area (Å²) in [5, 5.41) is 3.86. The Morgan fingerprint density at radius 2 is 2.31 bits per heavy atom. The van der Waals surface area contributed by atoms with E-state index in [1.807, 2.05) is 24.3 Å². The summed E-state index contributed by atoms with van der Waals surface area (Å²) in [6, 6.07) is 7.61. The summed E-state index contributed by atoms with van der Waals surface area (Å²) in [5.74, 6) is 0.756. The summed E-state index contributed by atoms with van der Waals surface area (Å²) in [6.07, 6.45) is 0. The SMILES string of the molecule is NCc1cccc(OCc2nnsc2Cl)c1. The number of hydrogen-bond donors (Lipinski definition) is 1. The summed E-state index contributed by atoms with van der Waals surface area (Å²) >= 11 is 7.01. The molecule has 0 saturated carbocycles. The van der Waals surface area contributed by atoms with Crippen LogP contribution in [0.1, 0.15) is 11.3 Å². The van der Waals surface area contributed by atoms with E-state index < -0.39 is 0 Å². The van der Waals surface area contributed by atoms with Crippen LogP contribution in [0.2, 0.25) is 4.34 Å². The summed E-state index contributed by atoms with van der Waals surface area (Å²) in [5.41, 5.74) is 7.22. The Kier molecular flexibility index (Phi) is 3.71. The third-order valence-electron chi connectivity index (χ3n) is 2.02. The molecule has 0 aliphatic heterocycles. The predicted octanol–water partition coefficient (Wildman–Crippen LogP) is 2.23. The Morgan fingerprint density at radius 3 is 3.00 bits per heavy atom. The molecule has 1 aromatic carbocycles. The van der Waals surface area contributed by atoms with Crippen molar-refractivity contribution in [2.75, 3.05) is 0 Å². The van der Waals surface area contributed by atoms with E-state index in [-0.39, 0.29) is 0 Å². The zero-order chi connectivity index (χ0) is 11.4. The topological polar surface area (TPSA) is 61.0 Å². The molecule has 84 valence electrons. The van der Waals surface area contributed by atoms with Crippen LogP contribution in [-0.4, -0.2) is 9.59 Å². The molecule has 1 heterocycles. The van der Waals surface area contributed by atoms with Crippen LogP contribution in [0.3, 0.4) is 0 Å². The number of rotatable bonds is 4. The summed E-state index contributed by atoms with van der Waals surface area (Å²) in [4.78, 5) is 0. The van der Waals surface area contributed by atoms with E-state index in [1.54, 1.807) is 0 Å². The van der Waals surface area contributed by atoms with Gasteiger partial charge in [0, 0.05) is 18.1 Å². The van der Waals surface area contributed by atoms with Crippen LogP contribution >= 0.6 is 23.1 Å². The van der Waals surface area contributed by atoms with Gasteiger partial charge in [0.1, 0.15) is 22.4 Å². The second-order valence-electron chi connectivity index (χ2n) is 3.13. The van der Waals surface area contributed by atoms with Gasteiger partial charge in [0.05, 0.1) is 0 Å². The van der Waals surface area contributed by atoms with Gasteiger partial charge in [-0.15, -0.1) is 5.10 Å². The number of halogens is 1. The maximum absolute atomic E-state index is 5.86. The van der Waals surface area contributed by atoms with E-state index in [0.717, 1.165) is 22.8 Å². The fourth-order valence-electron chi connectivity index (χ4n) is 1.20. The van der Waals surface area contributed by atoms with Gasteiger partial charge in [-0.25, -0.2) is 0 Å². The minimum atomic E-state index is 0.323. The highest BCUT2D eigenvalue weighted by atomic mass is 35.5. The molecule has 2 rings (SSSR count). The largest absolute Gasteiger partial charge is 0.487 e. The molecule has 0 amide bonds. The molecule has 0 atom stereocenters. The number of benzene rings is 1. The maximum atomic E-state index is 5.86. The normalized spacial score (nSPS) is 10.4. The van der Waals surface area contributed by atoms with Crippen molar-refractivity contribution in [2.45, 2.75) is 13.2 Å². The van der Waals surface area contributed by atoms with Gasteiger partial charge in [0.25, 0.3) is 0 Å². The fourth-order valence-corrected chi connectivity index (χ4v) is 1.80. The Labute approximate surface area is 102 Å². The lowest BCUT2D eigenvalue weighted by Crippen LogP contribution is -1.99. The number of nitrogens with zero attached hydrogens (tertiary/aromatic N) is 2. The van der Waals surface area contributed by atoms with Gasteiger partial charge in [-0.05, 0) is 17.7 Å². The Hall–Kier alpha value is -1.17. The van der Waals surface area contributed by atoms with Crippen molar-refractivity contribution in [3.8, 4) is 5.75 Å². The molecule has 0 aliphatic rings. The van der Waals surface area contributed by atoms with E-state index in [4.69, 9.17) is 22.1 Å². The van der Waals surface area contributed by atoms with Gasteiger partial charge in [-0.3, -0.25) is 0 Å². The van der Waals surface area contributed by atoms with Crippen LogP contribution in [0.5, 0.6) is 5.75 Å². The third-order valence-corrected chi connectivity index (χ3v) is 3.00. The molecule has 0 fully saturated rings. The molecule has 0 spiro atoms. The molecule has 4 nitrogen and oxygen atoms in total. The zero-order valence-corrected chi connectivity index (χ0v) is 9.96. The van der Waals surface area contributed by atoms with Crippen molar-refractivity contribution >= 4 is 23.1 Å². The molecular weight excluding hydrogens is 246 g/mol. The van der Waals surface area contributed by atoms with Crippen molar-refractivity contribution in [1.82, 2.24) is 9.59 Å². The van der Waals surface area contributed by atoms with Gasteiger partial charge >= 0.3 is 0 Å². The first-order valence-corrected chi connectivity index (χ1v) is 5.83.